The number of aryl methyl sites for hydroxylation is 1. The molecule has 4 nitrogen and oxygen atoms in total. The van der Waals surface area contributed by atoms with Crippen LogP contribution in [0, 0.1) is 5.92 Å². The number of nitrogens with one attached hydrogen (secondary N) is 1. The normalized spacial score (nSPS) is 21.2. The van der Waals surface area contributed by atoms with E-state index in [9.17, 15) is 9.59 Å². The van der Waals surface area contributed by atoms with Crippen molar-refractivity contribution < 1.29 is 4.79 Å². The number of nitrogens with zero attached hydrogens (tertiary/aromatic N) is 1. The van der Waals surface area contributed by atoms with Crippen molar-refractivity contribution in [3.05, 3.63) is 70.1 Å². The van der Waals surface area contributed by atoms with Gasteiger partial charge in [-0.1, -0.05) is 30.3 Å². The van der Waals surface area contributed by atoms with E-state index in [1.807, 2.05) is 13.0 Å². The molecule has 3 rings (SSSR count). The van der Waals surface area contributed by atoms with Crippen LogP contribution in [0.25, 0.3) is 0 Å². The summed E-state index contributed by atoms with van der Waals surface area (Å²) in [5, 5.41) is 3.05. The number of hydrogen-bond acceptors (Lipinski definition) is 2. The molecule has 0 saturated heterocycles. The summed E-state index contributed by atoms with van der Waals surface area (Å²) in [5.41, 5.74) is 1.75. The molecule has 2 aromatic rings. The van der Waals surface area contributed by atoms with Gasteiger partial charge in [0.25, 0.3) is 5.91 Å². The third-order valence-electron chi connectivity index (χ3n) is 4.42. The highest BCUT2D eigenvalue weighted by molar-refractivity contribution is 5.94. The van der Waals surface area contributed by atoms with Crippen molar-refractivity contribution in [2.75, 3.05) is 0 Å². The lowest BCUT2D eigenvalue weighted by molar-refractivity contribution is 0.0934. The number of pyridine rings is 1. The molecule has 1 aromatic carbocycles. The average molecular weight is 296 g/mol. The molecule has 114 valence electrons. The summed E-state index contributed by atoms with van der Waals surface area (Å²) in [7, 11) is 1.65. The van der Waals surface area contributed by atoms with Crippen LogP contribution in [0.15, 0.2) is 53.5 Å². The van der Waals surface area contributed by atoms with Crippen LogP contribution in [0.4, 0.5) is 0 Å². The number of aromatic nitrogens is 1. The zero-order valence-corrected chi connectivity index (χ0v) is 12.8. The fraction of sp³-hybridized carbons (Fsp3) is 0.333. The van der Waals surface area contributed by atoms with Gasteiger partial charge in [0.2, 0.25) is 5.56 Å². The molecule has 1 fully saturated rings. The number of rotatable bonds is 4. The lowest BCUT2D eigenvalue weighted by Crippen LogP contribution is -2.35. The number of carbonyl (C=O) groups excluding carboxylic acids is 1. The molecule has 3 atom stereocenters. The van der Waals surface area contributed by atoms with Crippen LogP contribution < -0.4 is 10.9 Å². The van der Waals surface area contributed by atoms with E-state index in [1.165, 1.54) is 16.2 Å². The van der Waals surface area contributed by atoms with Crippen LogP contribution >= 0.6 is 0 Å². The van der Waals surface area contributed by atoms with E-state index >= 15 is 0 Å². The molecule has 1 N–H and O–H groups in total. The SMILES string of the molecule is C[C@H](NC(=O)c1ccc(=O)n(C)c1)[C@@H]1C[C@H]1c1ccccc1. The molecule has 22 heavy (non-hydrogen) atoms. The molecule has 0 bridgehead atoms. The van der Waals surface area contributed by atoms with Gasteiger partial charge in [-0.15, -0.1) is 0 Å². The van der Waals surface area contributed by atoms with Gasteiger partial charge in [0, 0.05) is 25.4 Å². The molecule has 4 heteroatoms. The zero-order valence-electron chi connectivity index (χ0n) is 12.8. The predicted molar refractivity (Wildman–Crippen MR) is 85.9 cm³/mol. The van der Waals surface area contributed by atoms with Crippen molar-refractivity contribution in [1.82, 2.24) is 9.88 Å². The van der Waals surface area contributed by atoms with Crippen molar-refractivity contribution in [3.8, 4) is 0 Å². The van der Waals surface area contributed by atoms with Crippen molar-refractivity contribution in [2.45, 2.75) is 25.3 Å². The van der Waals surface area contributed by atoms with Crippen LogP contribution in [0.2, 0.25) is 0 Å². The summed E-state index contributed by atoms with van der Waals surface area (Å²) >= 11 is 0. The highest BCUT2D eigenvalue weighted by Crippen LogP contribution is 2.49. The van der Waals surface area contributed by atoms with Gasteiger partial charge in [0.05, 0.1) is 5.56 Å². The molecule has 0 aliphatic heterocycles. The molecular weight excluding hydrogens is 276 g/mol. The Morgan fingerprint density at radius 1 is 1.23 bits per heavy atom. The van der Waals surface area contributed by atoms with E-state index in [4.69, 9.17) is 0 Å². The van der Waals surface area contributed by atoms with Gasteiger partial charge in [-0.2, -0.15) is 0 Å². The van der Waals surface area contributed by atoms with Gasteiger partial charge < -0.3 is 9.88 Å². The quantitative estimate of drug-likeness (QED) is 0.941. The fourth-order valence-corrected chi connectivity index (χ4v) is 2.98. The molecule has 0 radical (unpaired) electrons. The van der Waals surface area contributed by atoms with Gasteiger partial charge in [-0.3, -0.25) is 9.59 Å². The van der Waals surface area contributed by atoms with Gasteiger partial charge in [-0.05, 0) is 36.8 Å². The van der Waals surface area contributed by atoms with Gasteiger partial charge in [0.1, 0.15) is 0 Å². The van der Waals surface area contributed by atoms with E-state index in [1.54, 1.807) is 19.3 Å². The fourth-order valence-electron chi connectivity index (χ4n) is 2.98. The number of hydrogen-bond donors (Lipinski definition) is 1. The Bertz CT molecular complexity index is 736. The standard InChI is InChI=1S/C18H20N2O2/c1-12(15-10-16(15)13-6-4-3-5-7-13)19-18(22)14-8-9-17(21)20(2)11-14/h3-9,11-12,15-16H,10H2,1-2H3,(H,19,22)/t12-,15-,16-/m0/s1. The Morgan fingerprint density at radius 3 is 2.64 bits per heavy atom. The second kappa shape index (κ2) is 5.79. The summed E-state index contributed by atoms with van der Waals surface area (Å²) in [4.78, 5) is 23.6. The molecule has 1 aromatic heterocycles. The Morgan fingerprint density at radius 2 is 1.95 bits per heavy atom. The molecular formula is C18H20N2O2. The maximum atomic E-state index is 12.3. The summed E-state index contributed by atoms with van der Waals surface area (Å²) in [6.45, 7) is 2.05. The van der Waals surface area contributed by atoms with E-state index in [2.05, 4.69) is 29.6 Å². The molecule has 1 aliphatic carbocycles. The van der Waals surface area contributed by atoms with Crippen molar-refractivity contribution in [1.29, 1.82) is 0 Å². The minimum absolute atomic E-state index is 0.115. The van der Waals surface area contributed by atoms with Crippen molar-refractivity contribution in [3.63, 3.8) is 0 Å². The summed E-state index contributed by atoms with van der Waals surface area (Å²) in [6, 6.07) is 13.5. The monoisotopic (exact) mass is 296 g/mol. The minimum atomic E-state index is -0.123. The van der Waals surface area contributed by atoms with E-state index in [-0.39, 0.29) is 17.5 Å². The van der Waals surface area contributed by atoms with E-state index < -0.39 is 0 Å². The molecule has 0 spiro atoms. The first-order chi connectivity index (χ1) is 10.6. The third kappa shape index (κ3) is 2.96. The molecule has 0 unspecified atom stereocenters. The molecule has 1 saturated carbocycles. The van der Waals surface area contributed by atoms with Gasteiger partial charge in [-0.25, -0.2) is 0 Å². The Balaban J connectivity index is 1.63. The van der Waals surface area contributed by atoms with E-state index in [0.717, 1.165) is 6.42 Å². The first-order valence-corrected chi connectivity index (χ1v) is 7.59. The second-order valence-corrected chi connectivity index (χ2v) is 6.05. The zero-order chi connectivity index (χ0) is 15.7. The smallest absolute Gasteiger partial charge is 0.252 e. The lowest BCUT2D eigenvalue weighted by atomic mass is 10.1. The maximum absolute atomic E-state index is 12.3. The first kappa shape index (κ1) is 14.6. The van der Waals surface area contributed by atoms with Gasteiger partial charge in [0.15, 0.2) is 0 Å². The van der Waals surface area contributed by atoms with Crippen LogP contribution in [-0.4, -0.2) is 16.5 Å². The van der Waals surface area contributed by atoms with Crippen LogP contribution in [0.1, 0.15) is 35.2 Å². The third-order valence-corrected chi connectivity index (χ3v) is 4.42. The highest BCUT2D eigenvalue weighted by Gasteiger charge is 2.42. The number of carbonyl (C=O) groups is 1. The topological polar surface area (TPSA) is 51.1 Å². The van der Waals surface area contributed by atoms with Crippen LogP contribution in [0.3, 0.4) is 0 Å². The highest BCUT2D eigenvalue weighted by atomic mass is 16.2. The Hall–Kier alpha value is -2.36. The first-order valence-electron chi connectivity index (χ1n) is 7.59. The van der Waals surface area contributed by atoms with Crippen LogP contribution in [0.5, 0.6) is 0 Å². The molecule has 1 aliphatic rings. The second-order valence-electron chi connectivity index (χ2n) is 6.05. The number of amides is 1. The molecule has 1 amide bonds. The summed E-state index contributed by atoms with van der Waals surface area (Å²) in [5.74, 6) is 0.900. The summed E-state index contributed by atoms with van der Waals surface area (Å²) < 4.78 is 1.42. The summed E-state index contributed by atoms with van der Waals surface area (Å²) in [6.07, 6.45) is 2.69. The van der Waals surface area contributed by atoms with Crippen molar-refractivity contribution >= 4 is 5.91 Å². The Labute approximate surface area is 129 Å². The Kier molecular flexibility index (Phi) is 3.84. The average Bonchev–Trinajstić information content (AvgIpc) is 3.31. The predicted octanol–water partition coefficient (Wildman–Crippen LogP) is 2.31. The van der Waals surface area contributed by atoms with Gasteiger partial charge >= 0.3 is 0 Å². The molecule has 1 heterocycles. The minimum Gasteiger partial charge on any atom is -0.349 e. The largest absolute Gasteiger partial charge is 0.349 e. The number of benzene rings is 1. The lowest BCUT2D eigenvalue weighted by Gasteiger charge is -2.14. The van der Waals surface area contributed by atoms with E-state index in [0.29, 0.717) is 17.4 Å². The maximum Gasteiger partial charge on any atom is 0.252 e. The van der Waals surface area contributed by atoms with Crippen LogP contribution in [-0.2, 0) is 7.05 Å². The van der Waals surface area contributed by atoms with Crippen molar-refractivity contribution in [2.24, 2.45) is 13.0 Å².